The van der Waals surface area contributed by atoms with Crippen LogP contribution in [0.1, 0.15) is 27.0 Å². The molecule has 1 heterocycles. The SMILES string of the molecule is CC(=O)c1ccc(CCc2ccccc2)s1. The fraction of sp³-hybridized carbons (Fsp3) is 0.214. The summed E-state index contributed by atoms with van der Waals surface area (Å²) in [7, 11) is 0. The van der Waals surface area contributed by atoms with Crippen molar-refractivity contribution in [3.8, 4) is 0 Å². The lowest BCUT2D eigenvalue weighted by atomic mass is 10.1. The van der Waals surface area contributed by atoms with Gasteiger partial charge in [0.05, 0.1) is 4.88 Å². The lowest BCUT2D eigenvalue weighted by molar-refractivity contribution is 0.102. The van der Waals surface area contributed by atoms with Crippen molar-refractivity contribution in [3.63, 3.8) is 0 Å². The van der Waals surface area contributed by atoms with Crippen LogP contribution in [-0.4, -0.2) is 5.78 Å². The summed E-state index contributed by atoms with van der Waals surface area (Å²) in [6, 6.07) is 14.4. The van der Waals surface area contributed by atoms with Crippen LogP contribution < -0.4 is 0 Å². The van der Waals surface area contributed by atoms with E-state index in [0.29, 0.717) is 0 Å². The van der Waals surface area contributed by atoms with Crippen molar-refractivity contribution in [2.75, 3.05) is 0 Å². The molecule has 0 radical (unpaired) electrons. The number of benzene rings is 1. The van der Waals surface area contributed by atoms with Crippen LogP contribution in [0, 0.1) is 0 Å². The number of Topliss-reactive ketones (excluding diaryl/α,β-unsaturated/α-hetero) is 1. The minimum atomic E-state index is 0.163. The smallest absolute Gasteiger partial charge is 0.169 e. The van der Waals surface area contributed by atoms with Crippen molar-refractivity contribution in [2.45, 2.75) is 19.8 Å². The zero-order valence-electron chi connectivity index (χ0n) is 9.27. The van der Waals surface area contributed by atoms with Crippen LogP contribution in [0.15, 0.2) is 42.5 Å². The van der Waals surface area contributed by atoms with E-state index in [1.807, 2.05) is 12.1 Å². The third kappa shape index (κ3) is 2.80. The average molecular weight is 230 g/mol. The molecule has 2 rings (SSSR count). The maximum Gasteiger partial charge on any atom is 0.169 e. The van der Waals surface area contributed by atoms with E-state index in [4.69, 9.17) is 0 Å². The van der Waals surface area contributed by atoms with Crippen LogP contribution in [0.4, 0.5) is 0 Å². The monoisotopic (exact) mass is 230 g/mol. The summed E-state index contributed by atoms with van der Waals surface area (Å²) in [5, 5.41) is 0. The Balaban J connectivity index is 1.97. The first-order valence-electron chi connectivity index (χ1n) is 5.39. The fourth-order valence-corrected chi connectivity index (χ4v) is 2.52. The van der Waals surface area contributed by atoms with Gasteiger partial charge in [-0.25, -0.2) is 0 Å². The molecule has 0 N–H and O–H groups in total. The fourth-order valence-electron chi connectivity index (χ4n) is 1.61. The number of hydrogen-bond acceptors (Lipinski definition) is 2. The third-order valence-electron chi connectivity index (χ3n) is 2.51. The molecule has 1 nitrogen and oxygen atoms in total. The van der Waals surface area contributed by atoms with Crippen molar-refractivity contribution in [1.29, 1.82) is 0 Å². The Labute approximate surface area is 99.8 Å². The van der Waals surface area contributed by atoms with E-state index in [1.165, 1.54) is 10.4 Å². The van der Waals surface area contributed by atoms with Gasteiger partial charge in [-0.05, 0) is 37.5 Å². The van der Waals surface area contributed by atoms with E-state index in [2.05, 4.69) is 30.3 Å². The van der Waals surface area contributed by atoms with Gasteiger partial charge in [0.15, 0.2) is 5.78 Å². The first-order valence-corrected chi connectivity index (χ1v) is 6.21. The van der Waals surface area contributed by atoms with Gasteiger partial charge in [0, 0.05) is 4.88 Å². The van der Waals surface area contributed by atoms with Gasteiger partial charge in [0.1, 0.15) is 0 Å². The predicted molar refractivity (Wildman–Crippen MR) is 68.2 cm³/mol. The van der Waals surface area contributed by atoms with Gasteiger partial charge < -0.3 is 0 Å². The highest BCUT2D eigenvalue weighted by atomic mass is 32.1. The summed E-state index contributed by atoms with van der Waals surface area (Å²) in [6.07, 6.45) is 2.06. The van der Waals surface area contributed by atoms with Crippen molar-refractivity contribution in [3.05, 3.63) is 57.8 Å². The van der Waals surface area contributed by atoms with E-state index in [1.54, 1.807) is 18.3 Å². The summed E-state index contributed by atoms with van der Waals surface area (Å²) >= 11 is 1.61. The van der Waals surface area contributed by atoms with Crippen LogP contribution in [-0.2, 0) is 12.8 Å². The van der Waals surface area contributed by atoms with Gasteiger partial charge in [-0.3, -0.25) is 4.79 Å². The summed E-state index contributed by atoms with van der Waals surface area (Å²) < 4.78 is 0. The normalized spacial score (nSPS) is 10.3. The molecule has 0 amide bonds. The summed E-state index contributed by atoms with van der Waals surface area (Å²) in [6.45, 7) is 1.62. The molecule has 0 unspecified atom stereocenters. The van der Waals surface area contributed by atoms with Gasteiger partial charge in [-0.15, -0.1) is 11.3 Å². The molecular formula is C14H14OS. The maximum absolute atomic E-state index is 11.1. The summed E-state index contributed by atoms with van der Waals surface area (Å²) in [4.78, 5) is 13.3. The Kier molecular flexibility index (Phi) is 3.52. The second-order valence-electron chi connectivity index (χ2n) is 3.81. The summed E-state index contributed by atoms with van der Waals surface area (Å²) in [5.41, 5.74) is 1.35. The van der Waals surface area contributed by atoms with Crippen LogP contribution >= 0.6 is 11.3 Å². The minimum absolute atomic E-state index is 0.163. The number of thiophene rings is 1. The standard InChI is InChI=1S/C14H14OS/c1-11(15)14-10-9-13(16-14)8-7-12-5-3-2-4-6-12/h2-6,9-10H,7-8H2,1H3. The molecule has 2 aromatic rings. The topological polar surface area (TPSA) is 17.1 Å². The number of rotatable bonds is 4. The highest BCUT2D eigenvalue weighted by Gasteiger charge is 2.04. The molecule has 16 heavy (non-hydrogen) atoms. The van der Waals surface area contributed by atoms with Crippen LogP contribution in [0.5, 0.6) is 0 Å². The second kappa shape index (κ2) is 5.08. The van der Waals surface area contributed by atoms with Gasteiger partial charge in [-0.1, -0.05) is 30.3 Å². The van der Waals surface area contributed by atoms with Crippen molar-refractivity contribution in [1.82, 2.24) is 0 Å². The van der Waals surface area contributed by atoms with Gasteiger partial charge in [0.2, 0.25) is 0 Å². The van der Waals surface area contributed by atoms with Crippen molar-refractivity contribution < 1.29 is 4.79 Å². The molecule has 82 valence electrons. The van der Waals surface area contributed by atoms with Crippen LogP contribution in [0.3, 0.4) is 0 Å². The molecule has 2 heteroatoms. The predicted octanol–water partition coefficient (Wildman–Crippen LogP) is 3.74. The molecule has 0 saturated heterocycles. The quantitative estimate of drug-likeness (QED) is 0.731. The molecule has 0 aliphatic rings. The molecule has 0 aliphatic carbocycles. The third-order valence-corrected chi connectivity index (χ3v) is 3.76. The zero-order chi connectivity index (χ0) is 11.4. The largest absolute Gasteiger partial charge is 0.294 e. The lowest BCUT2D eigenvalue weighted by Gasteiger charge is -1.98. The van der Waals surface area contributed by atoms with Gasteiger partial charge in [0.25, 0.3) is 0 Å². The Morgan fingerprint density at radius 2 is 1.81 bits per heavy atom. The Hall–Kier alpha value is -1.41. The van der Waals surface area contributed by atoms with Crippen LogP contribution in [0.2, 0.25) is 0 Å². The minimum Gasteiger partial charge on any atom is -0.294 e. The maximum atomic E-state index is 11.1. The van der Waals surface area contributed by atoms with E-state index >= 15 is 0 Å². The highest BCUT2D eigenvalue weighted by Crippen LogP contribution is 2.18. The molecule has 0 atom stereocenters. The lowest BCUT2D eigenvalue weighted by Crippen LogP contribution is -1.87. The first kappa shape index (κ1) is 11.1. The molecular weight excluding hydrogens is 216 g/mol. The van der Waals surface area contributed by atoms with Gasteiger partial charge >= 0.3 is 0 Å². The highest BCUT2D eigenvalue weighted by molar-refractivity contribution is 7.14. The van der Waals surface area contributed by atoms with Crippen LogP contribution in [0.25, 0.3) is 0 Å². The second-order valence-corrected chi connectivity index (χ2v) is 4.98. The Morgan fingerprint density at radius 1 is 1.06 bits per heavy atom. The van der Waals surface area contributed by atoms with E-state index in [0.717, 1.165) is 17.7 Å². The number of carbonyl (C=O) groups is 1. The van der Waals surface area contributed by atoms with Crippen molar-refractivity contribution in [2.24, 2.45) is 0 Å². The Morgan fingerprint density at radius 3 is 2.44 bits per heavy atom. The molecule has 1 aromatic carbocycles. The number of aryl methyl sites for hydroxylation is 2. The van der Waals surface area contributed by atoms with Crippen molar-refractivity contribution >= 4 is 17.1 Å². The molecule has 1 aromatic heterocycles. The number of ketones is 1. The summed E-state index contributed by atoms with van der Waals surface area (Å²) in [5.74, 6) is 0.163. The number of carbonyl (C=O) groups excluding carboxylic acids is 1. The molecule has 0 bridgehead atoms. The molecule has 0 aliphatic heterocycles. The molecule has 0 saturated carbocycles. The average Bonchev–Trinajstić information content (AvgIpc) is 2.76. The zero-order valence-corrected chi connectivity index (χ0v) is 10.1. The number of hydrogen-bond donors (Lipinski definition) is 0. The van der Waals surface area contributed by atoms with E-state index in [-0.39, 0.29) is 5.78 Å². The van der Waals surface area contributed by atoms with E-state index in [9.17, 15) is 4.79 Å². The van der Waals surface area contributed by atoms with Gasteiger partial charge in [-0.2, -0.15) is 0 Å². The molecule has 0 fully saturated rings. The Bertz CT molecular complexity index is 470. The van der Waals surface area contributed by atoms with E-state index < -0.39 is 0 Å². The molecule has 0 spiro atoms. The first-order chi connectivity index (χ1) is 7.75.